The molecule has 0 fully saturated rings. The zero-order valence-electron chi connectivity index (χ0n) is 6.64. The standard InChI is InChI=1S/C9H2Cl2O3/c10-3-1-2-4(11)6-5(3)7(12)9(14)8(6)13/h1-2H. The predicted octanol–water partition coefficient (Wildman–Crippen LogP) is 1.10. The molecule has 0 aromatic heterocycles. The van der Waals surface area contributed by atoms with Crippen LogP contribution < -0.4 is 16.3 Å². The van der Waals surface area contributed by atoms with Crippen LogP contribution in [0.25, 0.3) is 10.8 Å². The number of hydrogen-bond acceptors (Lipinski definition) is 3. The molecule has 0 bridgehead atoms. The summed E-state index contributed by atoms with van der Waals surface area (Å²) in [6.45, 7) is 0. The normalized spacial score (nSPS) is 11.0. The van der Waals surface area contributed by atoms with Crippen molar-refractivity contribution < 1.29 is 0 Å². The molecular weight excluding hydrogens is 227 g/mol. The zero-order chi connectivity index (χ0) is 10.5. The third-order valence-corrected chi connectivity index (χ3v) is 2.60. The monoisotopic (exact) mass is 228 g/mol. The van der Waals surface area contributed by atoms with Crippen molar-refractivity contribution in [1.82, 2.24) is 0 Å². The lowest BCUT2D eigenvalue weighted by atomic mass is 10.2. The van der Waals surface area contributed by atoms with E-state index in [4.69, 9.17) is 23.2 Å². The number of rotatable bonds is 0. The molecule has 0 amide bonds. The van der Waals surface area contributed by atoms with Gasteiger partial charge in [-0.2, -0.15) is 0 Å². The highest BCUT2D eigenvalue weighted by molar-refractivity contribution is 6.40. The van der Waals surface area contributed by atoms with E-state index < -0.39 is 16.3 Å². The summed E-state index contributed by atoms with van der Waals surface area (Å²) in [7, 11) is 0. The number of benzene rings is 1. The first-order chi connectivity index (χ1) is 6.54. The third kappa shape index (κ3) is 1.03. The molecule has 0 aliphatic rings. The molecule has 0 aliphatic heterocycles. The topological polar surface area (TPSA) is 51.2 Å². The molecule has 0 heterocycles. The highest BCUT2D eigenvalue weighted by Gasteiger charge is 2.17. The fourth-order valence-electron chi connectivity index (χ4n) is 1.33. The van der Waals surface area contributed by atoms with Crippen LogP contribution in [0.5, 0.6) is 0 Å². The molecule has 0 unspecified atom stereocenters. The maximum Gasteiger partial charge on any atom is 0.274 e. The van der Waals surface area contributed by atoms with Crippen molar-refractivity contribution in [1.29, 1.82) is 0 Å². The van der Waals surface area contributed by atoms with E-state index >= 15 is 0 Å². The second-order valence-electron chi connectivity index (χ2n) is 2.77. The Kier molecular flexibility index (Phi) is 1.94. The Hall–Kier alpha value is -1.19. The van der Waals surface area contributed by atoms with Crippen LogP contribution in [0, 0.1) is 0 Å². The molecule has 0 saturated carbocycles. The largest absolute Gasteiger partial charge is 0.285 e. The Labute approximate surface area is 87.2 Å². The summed E-state index contributed by atoms with van der Waals surface area (Å²) in [5.74, 6) is 0. The SMILES string of the molecule is O=c1c(=O)c2c(Cl)ccc(Cl)c2c1=O. The van der Waals surface area contributed by atoms with Crippen molar-refractivity contribution in [3.8, 4) is 0 Å². The van der Waals surface area contributed by atoms with Crippen LogP contribution >= 0.6 is 23.2 Å². The van der Waals surface area contributed by atoms with E-state index in [1.807, 2.05) is 0 Å². The Morgan fingerprint density at radius 1 is 0.714 bits per heavy atom. The summed E-state index contributed by atoms with van der Waals surface area (Å²) in [5.41, 5.74) is -2.83. The Morgan fingerprint density at radius 2 is 1.07 bits per heavy atom. The lowest BCUT2D eigenvalue weighted by Gasteiger charge is -1.93. The first-order valence-electron chi connectivity index (χ1n) is 3.65. The van der Waals surface area contributed by atoms with Crippen LogP contribution in [0.2, 0.25) is 10.0 Å². The molecule has 0 radical (unpaired) electrons. The van der Waals surface area contributed by atoms with Gasteiger partial charge in [0.05, 0.1) is 20.8 Å². The maximum atomic E-state index is 11.3. The molecule has 0 atom stereocenters. The quantitative estimate of drug-likeness (QED) is 0.635. The Morgan fingerprint density at radius 3 is 1.43 bits per heavy atom. The molecule has 0 spiro atoms. The minimum absolute atomic E-state index is 0.0748. The molecule has 0 N–H and O–H groups in total. The van der Waals surface area contributed by atoms with Crippen molar-refractivity contribution in [2.75, 3.05) is 0 Å². The highest BCUT2D eigenvalue weighted by Crippen LogP contribution is 2.24. The lowest BCUT2D eigenvalue weighted by Crippen LogP contribution is -2.29. The van der Waals surface area contributed by atoms with Crippen LogP contribution in [-0.2, 0) is 0 Å². The molecule has 0 aliphatic carbocycles. The first-order valence-corrected chi connectivity index (χ1v) is 4.41. The highest BCUT2D eigenvalue weighted by atomic mass is 35.5. The smallest absolute Gasteiger partial charge is 0.274 e. The van der Waals surface area contributed by atoms with E-state index in [-0.39, 0.29) is 20.8 Å². The second-order valence-corrected chi connectivity index (χ2v) is 3.58. The summed E-state index contributed by atoms with van der Waals surface area (Å²) in [4.78, 5) is 33.6. The number of halogens is 2. The molecule has 70 valence electrons. The number of hydrogen-bond donors (Lipinski definition) is 0. The summed E-state index contributed by atoms with van der Waals surface area (Å²) in [5, 5.41) is 0.00512. The molecule has 2 rings (SSSR count). The summed E-state index contributed by atoms with van der Waals surface area (Å²) >= 11 is 11.4. The van der Waals surface area contributed by atoms with E-state index in [0.29, 0.717) is 0 Å². The molecule has 2 aromatic rings. The van der Waals surface area contributed by atoms with Crippen molar-refractivity contribution in [3.05, 3.63) is 52.8 Å². The average Bonchev–Trinajstić information content (AvgIpc) is 2.38. The molecule has 14 heavy (non-hydrogen) atoms. The van der Waals surface area contributed by atoms with Crippen molar-refractivity contribution in [2.24, 2.45) is 0 Å². The van der Waals surface area contributed by atoms with E-state index in [1.165, 1.54) is 12.1 Å². The Bertz CT molecular complexity index is 610. The Balaban J connectivity index is 3.35. The lowest BCUT2D eigenvalue weighted by molar-refractivity contribution is 1.56. The average molecular weight is 229 g/mol. The van der Waals surface area contributed by atoms with Gasteiger partial charge in [0.1, 0.15) is 0 Å². The van der Waals surface area contributed by atoms with Gasteiger partial charge in [0.15, 0.2) is 0 Å². The molecular formula is C9H2Cl2O3. The minimum Gasteiger partial charge on any atom is -0.285 e. The van der Waals surface area contributed by atoms with Gasteiger partial charge in [-0.05, 0) is 12.1 Å². The maximum absolute atomic E-state index is 11.3. The molecule has 2 aromatic carbocycles. The molecule has 3 nitrogen and oxygen atoms in total. The van der Waals surface area contributed by atoms with Gasteiger partial charge in [0.2, 0.25) is 10.9 Å². The van der Waals surface area contributed by atoms with Crippen LogP contribution in [0.3, 0.4) is 0 Å². The fourth-order valence-corrected chi connectivity index (χ4v) is 1.81. The summed E-state index contributed by atoms with van der Waals surface area (Å²) in [6, 6.07) is 2.76. The minimum atomic E-state index is -1.07. The van der Waals surface area contributed by atoms with Crippen LogP contribution in [0.4, 0.5) is 0 Å². The molecule has 0 saturated heterocycles. The van der Waals surface area contributed by atoms with Crippen LogP contribution in [0.15, 0.2) is 26.5 Å². The van der Waals surface area contributed by atoms with E-state index in [2.05, 4.69) is 0 Å². The fraction of sp³-hybridized carbons (Fsp3) is 0. The van der Waals surface area contributed by atoms with Gasteiger partial charge in [-0.25, -0.2) is 0 Å². The second kappa shape index (κ2) is 2.90. The predicted molar refractivity (Wildman–Crippen MR) is 55.2 cm³/mol. The van der Waals surface area contributed by atoms with Gasteiger partial charge < -0.3 is 0 Å². The van der Waals surface area contributed by atoms with E-state index in [9.17, 15) is 14.4 Å². The first kappa shape index (κ1) is 9.37. The van der Waals surface area contributed by atoms with Crippen LogP contribution in [-0.4, -0.2) is 0 Å². The van der Waals surface area contributed by atoms with Crippen molar-refractivity contribution >= 4 is 34.0 Å². The van der Waals surface area contributed by atoms with E-state index in [1.54, 1.807) is 0 Å². The molecule has 5 heteroatoms. The van der Waals surface area contributed by atoms with Crippen LogP contribution in [0.1, 0.15) is 0 Å². The van der Waals surface area contributed by atoms with E-state index in [0.717, 1.165) is 0 Å². The van der Waals surface area contributed by atoms with Gasteiger partial charge in [-0.15, -0.1) is 0 Å². The van der Waals surface area contributed by atoms with Gasteiger partial charge in [0, 0.05) is 0 Å². The third-order valence-electron chi connectivity index (χ3n) is 1.97. The zero-order valence-corrected chi connectivity index (χ0v) is 8.15. The van der Waals surface area contributed by atoms with Crippen molar-refractivity contribution in [2.45, 2.75) is 0 Å². The van der Waals surface area contributed by atoms with Crippen molar-refractivity contribution in [3.63, 3.8) is 0 Å². The summed E-state index contributed by atoms with van der Waals surface area (Å²) in [6.07, 6.45) is 0. The van der Waals surface area contributed by atoms with Gasteiger partial charge in [-0.3, -0.25) is 14.4 Å². The number of fused-ring (bicyclic) bond motifs is 1. The summed E-state index contributed by atoms with van der Waals surface area (Å²) < 4.78 is 0. The van der Waals surface area contributed by atoms with Gasteiger partial charge >= 0.3 is 0 Å². The van der Waals surface area contributed by atoms with Gasteiger partial charge in [-0.1, -0.05) is 23.2 Å². The van der Waals surface area contributed by atoms with Gasteiger partial charge in [0.25, 0.3) is 5.43 Å².